The lowest BCUT2D eigenvalue weighted by Crippen LogP contribution is -2.31. The quantitative estimate of drug-likeness (QED) is 0.226. The highest BCUT2D eigenvalue weighted by molar-refractivity contribution is 6.05. The molecule has 1 amide bonds. The van der Waals surface area contributed by atoms with Crippen molar-refractivity contribution in [2.75, 3.05) is 10.6 Å². The second kappa shape index (κ2) is 10.6. The Morgan fingerprint density at radius 3 is 2.54 bits per heavy atom. The van der Waals surface area contributed by atoms with Crippen LogP contribution in [-0.2, 0) is 6.18 Å². The molecule has 0 unspecified atom stereocenters. The van der Waals surface area contributed by atoms with E-state index in [1.165, 1.54) is 53.8 Å². The summed E-state index contributed by atoms with van der Waals surface area (Å²) >= 11 is 0. The Balaban J connectivity index is 1.43. The molecule has 10 nitrogen and oxygen atoms in total. The van der Waals surface area contributed by atoms with Crippen LogP contribution in [0.25, 0.3) is 16.9 Å². The topological polar surface area (TPSA) is 126 Å². The first-order valence-electron chi connectivity index (χ1n) is 12.2. The van der Waals surface area contributed by atoms with Crippen LogP contribution in [0.5, 0.6) is 0 Å². The summed E-state index contributed by atoms with van der Waals surface area (Å²) in [6, 6.07) is 12.5. The molecule has 13 heteroatoms. The van der Waals surface area contributed by atoms with Crippen LogP contribution < -0.4 is 20.1 Å². The molecule has 0 spiro atoms. The lowest BCUT2D eigenvalue weighted by Gasteiger charge is -2.14. The van der Waals surface area contributed by atoms with Crippen molar-refractivity contribution in [3.05, 3.63) is 119 Å². The van der Waals surface area contributed by atoms with E-state index in [1.54, 1.807) is 38.2 Å². The number of amides is 1. The molecule has 0 atom stereocenters. The third-order valence-corrected chi connectivity index (χ3v) is 6.13. The van der Waals surface area contributed by atoms with Gasteiger partial charge in [-0.05, 0) is 55.8 Å². The number of rotatable bonds is 6. The number of nitrogens with one attached hydrogen (secondary N) is 2. The monoisotopic (exact) mass is 561 g/mol. The minimum atomic E-state index is -4.64. The normalized spacial score (nSPS) is 11.3. The molecular weight excluding hydrogens is 539 g/mol. The molecule has 0 aliphatic carbocycles. The van der Waals surface area contributed by atoms with E-state index in [2.05, 4.69) is 20.6 Å². The number of carbonyl (C=O) groups is 1. The highest BCUT2D eigenvalue weighted by Crippen LogP contribution is 2.33. The zero-order valence-electron chi connectivity index (χ0n) is 21.7. The fourth-order valence-corrected chi connectivity index (χ4v) is 4.04. The summed E-state index contributed by atoms with van der Waals surface area (Å²) in [4.78, 5) is 21.5. The number of anilines is 3. The minimum Gasteiger partial charge on any atom is -0.740 e. The van der Waals surface area contributed by atoms with Crippen molar-refractivity contribution in [2.45, 2.75) is 20.0 Å². The highest BCUT2D eigenvalue weighted by atomic mass is 19.4. The maximum Gasteiger partial charge on any atom is 0.416 e. The second-order valence-electron chi connectivity index (χ2n) is 9.21. The Morgan fingerprint density at radius 1 is 1.02 bits per heavy atom. The first kappa shape index (κ1) is 27.1. The largest absolute Gasteiger partial charge is 0.740 e. The fourth-order valence-electron chi connectivity index (χ4n) is 4.04. The van der Waals surface area contributed by atoms with Crippen molar-refractivity contribution in [1.29, 1.82) is 0 Å². The molecule has 0 aliphatic rings. The van der Waals surface area contributed by atoms with Crippen molar-refractivity contribution in [3.63, 3.8) is 0 Å². The molecule has 5 rings (SSSR count). The van der Waals surface area contributed by atoms with Gasteiger partial charge in [-0.3, -0.25) is 4.79 Å². The average Bonchev–Trinajstić information content (AvgIpc) is 3.36. The predicted molar refractivity (Wildman–Crippen MR) is 143 cm³/mol. The SMILES string of the molecule is Cc1cn(-c2cc(NC(=O)c3ccc(C)c(Nc4nc(-c5ccc[n+]([O-])c5)cc[n+]4[O-])c3)cc(C(F)(F)F)c2)cn1. The number of benzene rings is 2. The molecule has 208 valence electrons. The summed E-state index contributed by atoms with van der Waals surface area (Å²) in [5.74, 6) is -0.774. The van der Waals surface area contributed by atoms with Crippen molar-refractivity contribution < 1.29 is 27.4 Å². The number of alkyl halides is 3. The minimum absolute atomic E-state index is 0.0634. The van der Waals surface area contributed by atoms with Crippen LogP contribution in [0.4, 0.5) is 30.5 Å². The van der Waals surface area contributed by atoms with Crippen LogP contribution in [0.2, 0.25) is 0 Å². The first-order valence-corrected chi connectivity index (χ1v) is 12.2. The van der Waals surface area contributed by atoms with Crippen LogP contribution in [0.15, 0.2) is 85.7 Å². The van der Waals surface area contributed by atoms with Crippen LogP contribution in [0.1, 0.15) is 27.2 Å². The average molecular weight is 562 g/mol. The van der Waals surface area contributed by atoms with Gasteiger partial charge < -0.3 is 20.3 Å². The van der Waals surface area contributed by atoms with E-state index in [9.17, 15) is 28.4 Å². The van der Waals surface area contributed by atoms with Gasteiger partial charge in [0.05, 0.1) is 29.3 Å². The molecule has 41 heavy (non-hydrogen) atoms. The molecule has 2 aromatic carbocycles. The van der Waals surface area contributed by atoms with Gasteiger partial charge in [0.1, 0.15) is 5.69 Å². The van der Waals surface area contributed by atoms with E-state index >= 15 is 0 Å². The van der Waals surface area contributed by atoms with Crippen molar-refractivity contribution in [2.24, 2.45) is 0 Å². The second-order valence-corrected chi connectivity index (χ2v) is 9.21. The summed E-state index contributed by atoms with van der Waals surface area (Å²) in [5, 5.41) is 29.5. The number of aryl methyl sites for hydroxylation is 2. The van der Waals surface area contributed by atoms with Gasteiger partial charge in [-0.25, -0.2) is 15.0 Å². The van der Waals surface area contributed by atoms with Crippen molar-refractivity contribution in [1.82, 2.24) is 14.5 Å². The summed E-state index contributed by atoms with van der Waals surface area (Å²) in [6.07, 6.45) is 2.17. The zero-order chi connectivity index (χ0) is 29.3. The molecule has 0 aliphatic heterocycles. The number of halogens is 3. The first-order chi connectivity index (χ1) is 19.5. The number of nitrogens with zero attached hydrogens (tertiary/aromatic N) is 5. The fraction of sp³-hybridized carbons (Fsp3) is 0.107. The van der Waals surface area contributed by atoms with Crippen LogP contribution in [-0.4, -0.2) is 20.4 Å². The number of pyridine rings is 1. The summed E-state index contributed by atoms with van der Waals surface area (Å²) in [7, 11) is 0. The van der Waals surface area contributed by atoms with E-state index in [0.717, 1.165) is 12.1 Å². The Kier molecular flexibility index (Phi) is 7.01. The standard InChI is InChI=1S/C28H22F3N7O3/c1-17-5-6-19(10-25(17)35-27-34-24(7-9-38(27)41)20-4-3-8-37(40)15-20)26(39)33-22-11-21(28(29,30)31)12-23(13-22)36-14-18(2)32-16-36/h3-16H,1-2H3,(H,33,39)(H,34,35). The number of hydrogen-bond acceptors (Lipinski definition) is 6. The van der Waals surface area contributed by atoms with Gasteiger partial charge >= 0.3 is 12.1 Å². The number of hydrogen-bond donors (Lipinski definition) is 2. The van der Waals surface area contributed by atoms with Crippen LogP contribution in [0, 0.1) is 24.3 Å². The highest BCUT2D eigenvalue weighted by Gasteiger charge is 2.31. The van der Waals surface area contributed by atoms with Gasteiger partial charge in [-0.15, -0.1) is 0 Å². The molecule has 0 saturated carbocycles. The number of aromatic nitrogens is 5. The van der Waals surface area contributed by atoms with E-state index < -0.39 is 17.6 Å². The van der Waals surface area contributed by atoms with Gasteiger partial charge in [0.15, 0.2) is 18.1 Å². The zero-order valence-corrected chi connectivity index (χ0v) is 21.7. The lowest BCUT2D eigenvalue weighted by atomic mass is 10.1. The van der Waals surface area contributed by atoms with Gasteiger partial charge in [-0.2, -0.15) is 17.9 Å². The Hall–Kier alpha value is -5.46. The Morgan fingerprint density at radius 2 is 1.83 bits per heavy atom. The Labute approximate surface area is 231 Å². The summed E-state index contributed by atoms with van der Waals surface area (Å²) < 4.78 is 43.4. The Bertz CT molecular complexity index is 1770. The maximum absolute atomic E-state index is 13.6. The number of carbonyl (C=O) groups excluding carboxylic acids is 1. The van der Waals surface area contributed by atoms with Gasteiger partial charge in [-0.1, -0.05) is 11.1 Å². The van der Waals surface area contributed by atoms with Gasteiger partial charge in [0.25, 0.3) is 5.91 Å². The molecule has 3 heterocycles. The van der Waals surface area contributed by atoms with E-state index in [1.807, 2.05) is 0 Å². The van der Waals surface area contributed by atoms with Crippen LogP contribution >= 0.6 is 0 Å². The summed E-state index contributed by atoms with van der Waals surface area (Å²) in [5.41, 5.74) is 1.81. The van der Waals surface area contributed by atoms with Crippen molar-refractivity contribution >= 4 is 23.2 Å². The van der Waals surface area contributed by atoms with E-state index in [-0.39, 0.29) is 22.9 Å². The molecule has 0 saturated heterocycles. The predicted octanol–water partition coefficient (Wildman–Crippen LogP) is 4.83. The van der Waals surface area contributed by atoms with E-state index in [4.69, 9.17) is 0 Å². The van der Waals surface area contributed by atoms with E-state index in [0.29, 0.717) is 37.7 Å². The maximum atomic E-state index is 13.6. The summed E-state index contributed by atoms with van der Waals surface area (Å²) in [6.45, 7) is 3.45. The molecule has 0 radical (unpaired) electrons. The van der Waals surface area contributed by atoms with Gasteiger partial charge in [0.2, 0.25) is 0 Å². The van der Waals surface area contributed by atoms with Crippen molar-refractivity contribution in [3.8, 4) is 16.9 Å². The molecule has 0 fully saturated rings. The molecule has 2 N–H and O–H groups in total. The third kappa shape index (κ3) is 6.08. The van der Waals surface area contributed by atoms with Gasteiger partial charge in [0, 0.05) is 35.3 Å². The lowest BCUT2D eigenvalue weighted by molar-refractivity contribution is -0.604. The number of imidazole rings is 1. The molecule has 0 bridgehead atoms. The molecule has 5 aromatic rings. The third-order valence-electron chi connectivity index (χ3n) is 6.13. The smallest absolute Gasteiger partial charge is 0.416 e. The molecular formula is C28H22F3N7O3. The molecule has 3 aromatic heterocycles. The van der Waals surface area contributed by atoms with Crippen LogP contribution in [0.3, 0.4) is 0 Å².